The van der Waals surface area contributed by atoms with Crippen LogP contribution < -0.4 is 0 Å². The zero-order valence-corrected chi connectivity index (χ0v) is 12.4. The van der Waals surface area contributed by atoms with E-state index in [0.717, 1.165) is 48.2 Å². The summed E-state index contributed by atoms with van der Waals surface area (Å²) in [7, 11) is 1.80. The lowest BCUT2D eigenvalue weighted by atomic mass is 9.78. The van der Waals surface area contributed by atoms with Crippen molar-refractivity contribution in [3.63, 3.8) is 0 Å². The van der Waals surface area contributed by atoms with Crippen LogP contribution in [-0.2, 0) is 9.53 Å². The number of fused-ring (bicyclic) bond motifs is 2. The largest absolute Gasteiger partial charge is 0.481 e. The summed E-state index contributed by atoms with van der Waals surface area (Å²) < 4.78 is 5.38. The van der Waals surface area contributed by atoms with Gasteiger partial charge in [-0.2, -0.15) is 11.8 Å². The van der Waals surface area contributed by atoms with Gasteiger partial charge in [0.05, 0.1) is 6.61 Å². The number of carboxylic acids is 1. The third-order valence-corrected chi connectivity index (χ3v) is 6.16. The SMILES string of the molecule is COC[C@H]1[C@@H](C/C=C\CCCC(=O)O)[C@H]2CC[C@@H]1S2. The minimum Gasteiger partial charge on any atom is -0.481 e. The number of ether oxygens (including phenoxy) is 1. The molecule has 0 radical (unpaired) electrons. The maximum Gasteiger partial charge on any atom is 0.303 e. The topological polar surface area (TPSA) is 46.5 Å². The number of methoxy groups -OCH3 is 1. The molecule has 2 rings (SSSR count). The molecule has 0 saturated carbocycles. The van der Waals surface area contributed by atoms with Gasteiger partial charge in [0.25, 0.3) is 0 Å². The molecule has 0 amide bonds. The summed E-state index contributed by atoms with van der Waals surface area (Å²) in [5, 5.41) is 10.2. The summed E-state index contributed by atoms with van der Waals surface area (Å²) in [5.74, 6) is 0.787. The lowest BCUT2D eigenvalue weighted by molar-refractivity contribution is -0.137. The van der Waals surface area contributed by atoms with E-state index in [9.17, 15) is 4.79 Å². The van der Waals surface area contributed by atoms with E-state index in [1.54, 1.807) is 7.11 Å². The molecule has 0 aromatic heterocycles. The Labute approximate surface area is 119 Å². The van der Waals surface area contributed by atoms with Crippen LogP contribution in [-0.4, -0.2) is 35.3 Å². The lowest BCUT2D eigenvalue weighted by Crippen LogP contribution is -2.30. The minimum absolute atomic E-state index is 0.278. The van der Waals surface area contributed by atoms with E-state index in [4.69, 9.17) is 9.84 Å². The third-order valence-electron chi connectivity index (χ3n) is 4.29. The Bertz CT molecular complexity index is 329. The second-order valence-corrected chi connectivity index (χ2v) is 7.05. The predicted molar refractivity (Wildman–Crippen MR) is 78.5 cm³/mol. The molecule has 0 unspecified atom stereocenters. The van der Waals surface area contributed by atoms with E-state index >= 15 is 0 Å². The number of unbranched alkanes of at least 4 members (excludes halogenated alkanes) is 1. The highest BCUT2D eigenvalue weighted by molar-refractivity contribution is 8.01. The van der Waals surface area contributed by atoms with E-state index in [2.05, 4.69) is 23.9 Å². The maximum atomic E-state index is 10.4. The lowest BCUT2D eigenvalue weighted by Gasteiger charge is -2.28. The van der Waals surface area contributed by atoms with Gasteiger partial charge < -0.3 is 9.84 Å². The third kappa shape index (κ3) is 3.99. The number of hydrogen-bond donors (Lipinski definition) is 1. The van der Waals surface area contributed by atoms with Crippen molar-refractivity contribution in [2.75, 3.05) is 13.7 Å². The van der Waals surface area contributed by atoms with Gasteiger partial charge >= 0.3 is 5.97 Å². The number of aliphatic carboxylic acids is 1. The molecule has 0 aromatic carbocycles. The van der Waals surface area contributed by atoms with Crippen molar-refractivity contribution in [3.05, 3.63) is 12.2 Å². The van der Waals surface area contributed by atoms with E-state index in [-0.39, 0.29) is 6.42 Å². The molecule has 4 atom stereocenters. The maximum absolute atomic E-state index is 10.4. The molecule has 108 valence electrons. The zero-order chi connectivity index (χ0) is 13.7. The first-order valence-corrected chi connectivity index (χ1v) is 8.18. The molecule has 4 heteroatoms. The van der Waals surface area contributed by atoms with Crippen LogP contribution in [0.3, 0.4) is 0 Å². The number of hydrogen-bond acceptors (Lipinski definition) is 3. The monoisotopic (exact) mass is 284 g/mol. The molecule has 1 N–H and O–H groups in total. The Morgan fingerprint density at radius 1 is 1.32 bits per heavy atom. The van der Waals surface area contributed by atoms with Crippen molar-refractivity contribution in [2.45, 2.75) is 49.0 Å². The molecule has 2 aliphatic rings. The molecule has 19 heavy (non-hydrogen) atoms. The fourth-order valence-corrected chi connectivity index (χ4v) is 5.35. The number of allylic oxidation sites excluding steroid dienone is 2. The zero-order valence-electron chi connectivity index (χ0n) is 11.6. The van der Waals surface area contributed by atoms with Gasteiger partial charge in [0.15, 0.2) is 0 Å². The van der Waals surface area contributed by atoms with Crippen LogP contribution in [0.1, 0.15) is 38.5 Å². The van der Waals surface area contributed by atoms with Gasteiger partial charge in [0.1, 0.15) is 0 Å². The summed E-state index contributed by atoms with van der Waals surface area (Å²) in [6.45, 7) is 0.895. The number of rotatable bonds is 8. The van der Waals surface area contributed by atoms with Crippen LogP contribution in [0.4, 0.5) is 0 Å². The Morgan fingerprint density at radius 2 is 2.05 bits per heavy atom. The van der Waals surface area contributed by atoms with Crippen LogP contribution in [0.15, 0.2) is 12.2 Å². The molecule has 2 fully saturated rings. The van der Waals surface area contributed by atoms with Crippen LogP contribution in [0.5, 0.6) is 0 Å². The molecule has 2 saturated heterocycles. The molecule has 3 nitrogen and oxygen atoms in total. The Balaban J connectivity index is 1.72. The van der Waals surface area contributed by atoms with Gasteiger partial charge in [-0.3, -0.25) is 4.79 Å². The summed E-state index contributed by atoms with van der Waals surface area (Å²) in [6.07, 6.45) is 10.2. The normalized spacial score (nSPS) is 33.3. The Morgan fingerprint density at radius 3 is 2.74 bits per heavy atom. The van der Waals surface area contributed by atoms with Gasteiger partial charge in [-0.25, -0.2) is 0 Å². The fraction of sp³-hybridized carbons (Fsp3) is 0.800. The smallest absolute Gasteiger partial charge is 0.303 e. The van der Waals surface area contributed by atoms with Gasteiger partial charge in [0, 0.05) is 24.0 Å². The summed E-state index contributed by atoms with van der Waals surface area (Å²) in [5.41, 5.74) is 0. The summed E-state index contributed by atoms with van der Waals surface area (Å²) >= 11 is 2.17. The molecule has 0 aromatic rings. The van der Waals surface area contributed by atoms with Crippen LogP contribution in [0.25, 0.3) is 0 Å². The highest BCUT2D eigenvalue weighted by Gasteiger charge is 2.47. The van der Waals surface area contributed by atoms with Gasteiger partial charge in [-0.1, -0.05) is 12.2 Å². The molecular weight excluding hydrogens is 260 g/mol. The molecule has 0 aliphatic carbocycles. The standard InChI is InChI=1S/C15H24O3S/c1-18-10-12-11(13-8-9-14(12)19-13)6-4-2-3-5-7-15(16)17/h2,4,11-14H,3,5-10H2,1H3,(H,16,17)/b4-2-/t11-,12+,13-,14+/m1/s1. The second kappa shape index (κ2) is 7.34. The van der Waals surface area contributed by atoms with E-state index in [1.807, 2.05) is 0 Å². The number of carbonyl (C=O) groups is 1. The summed E-state index contributed by atoms with van der Waals surface area (Å²) in [6, 6.07) is 0. The molecule has 2 heterocycles. The van der Waals surface area contributed by atoms with Crippen molar-refractivity contribution in [1.29, 1.82) is 0 Å². The van der Waals surface area contributed by atoms with Crippen molar-refractivity contribution in [2.24, 2.45) is 11.8 Å². The van der Waals surface area contributed by atoms with Crippen LogP contribution >= 0.6 is 11.8 Å². The van der Waals surface area contributed by atoms with Crippen LogP contribution in [0.2, 0.25) is 0 Å². The Hall–Kier alpha value is -0.480. The molecule has 2 aliphatic heterocycles. The van der Waals surface area contributed by atoms with E-state index in [1.165, 1.54) is 12.8 Å². The quantitative estimate of drug-likeness (QED) is 0.548. The summed E-state index contributed by atoms with van der Waals surface area (Å²) in [4.78, 5) is 10.4. The van der Waals surface area contributed by atoms with Crippen molar-refractivity contribution in [1.82, 2.24) is 0 Å². The van der Waals surface area contributed by atoms with E-state index < -0.39 is 5.97 Å². The minimum atomic E-state index is -0.696. The Kier molecular flexibility index (Phi) is 5.76. The highest BCUT2D eigenvalue weighted by Crippen LogP contribution is 2.54. The highest BCUT2D eigenvalue weighted by atomic mass is 32.2. The first-order valence-electron chi connectivity index (χ1n) is 7.23. The van der Waals surface area contributed by atoms with E-state index in [0.29, 0.717) is 0 Å². The average molecular weight is 284 g/mol. The number of thioether (sulfide) groups is 1. The van der Waals surface area contributed by atoms with Crippen LogP contribution in [0, 0.1) is 11.8 Å². The van der Waals surface area contributed by atoms with Crippen molar-refractivity contribution < 1.29 is 14.6 Å². The fourth-order valence-electron chi connectivity index (χ4n) is 3.36. The first-order chi connectivity index (χ1) is 9.22. The van der Waals surface area contributed by atoms with Crippen molar-refractivity contribution in [3.8, 4) is 0 Å². The van der Waals surface area contributed by atoms with Gasteiger partial charge in [-0.15, -0.1) is 0 Å². The molecule has 0 spiro atoms. The molecular formula is C15H24O3S. The van der Waals surface area contributed by atoms with Gasteiger partial charge in [-0.05, 0) is 43.9 Å². The first kappa shape index (κ1) is 14.9. The van der Waals surface area contributed by atoms with Crippen molar-refractivity contribution >= 4 is 17.7 Å². The number of carboxylic acid groups (broad SMARTS) is 1. The second-order valence-electron chi connectivity index (χ2n) is 5.57. The predicted octanol–water partition coefficient (Wildman–Crippen LogP) is 3.34. The average Bonchev–Trinajstić information content (AvgIpc) is 2.95. The molecule has 2 bridgehead atoms. The van der Waals surface area contributed by atoms with Gasteiger partial charge in [0.2, 0.25) is 0 Å².